The molecule has 0 fully saturated rings. The third kappa shape index (κ3) is 5.88. The number of carbonyl (C=O) groups is 1. The smallest absolute Gasteiger partial charge is 0.338 e. The lowest BCUT2D eigenvalue weighted by molar-refractivity contribution is -0.139. The molecule has 210 valence electrons. The van der Waals surface area contributed by atoms with Crippen LogP contribution in [0.15, 0.2) is 92.3 Å². The van der Waals surface area contributed by atoms with Gasteiger partial charge in [-0.3, -0.25) is 9.36 Å². The van der Waals surface area contributed by atoms with Gasteiger partial charge in [0.05, 0.1) is 40.0 Å². The van der Waals surface area contributed by atoms with E-state index in [2.05, 4.69) is 20.9 Å². The lowest BCUT2D eigenvalue weighted by Crippen LogP contribution is -2.39. The third-order valence-corrected chi connectivity index (χ3v) is 8.45. The molecule has 5 rings (SSSR count). The lowest BCUT2D eigenvalue weighted by atomic mass is 9.96. The maximum absolute atomic E-state index is 13.9. The summed E-state index contributed by atoms with van der Waals surface area (Å²) >= 11 is 11.1. The summed E-state index contributed by atoms with van der Waals surface area (Å²) in [4.78, 5) is 32.0. The van der Waals surface area contributed by atoms with Gasteiger partial charge in [0.25, 0.3) is 5.56 Å². The van der Waals surface area contributed by atoms with Crippen LogP contribution < -0.4 is 24.4 Å². The maximum atomic E-state index is 13.9. The zero-order valence-electron chi connectivity index (χ0n) is 22.5. The molecule has 1 aliphatic rings. The molecular weight excluding hydrogens is 628 g/mol. The number of allylic oxidation sites excluding steroid dienone is 1. The van der Waals surface area contributed by atoms with E-state index >= 15 is 0 Å². The van der Waals surface area contributed by atoms with E-state index in [1.54, 1.807) is 37.7 Å². The van der Waals surface area contributed by atoms with Gasteiger partial charge in [0, 0.05) is 10.6 Å². The number of hydrogen-bond donors (Lipinski definition) is 0. The largest absolute Gasteiger partial charge is 0.493 e. The van der Waals surface area contributed by atoms with Crippen LogP contribution in [0.5, 0.6) is 11.5 Å². The minimum atomic E-state index is -0.657. The summed E-state index contributed by atoms with van der Waals surface area (Å²) in [5.74, 6) is 0.524. The van der Waals surface area contributed by atoms with E-state index in [1.165, 1.54) is 11.3 Å². The Morgan fingerprint density at radius 1 is 1.15 bits per heavy atom. The van der Waals surface area contributed by atoms with Crippen LogP contribution in [0.1, 0.15) is 36.6 Å². The molecule has 10 heteroatoms. The Labute approximate surface area is 254 Å². The van der Waals surface area contributed by atoms with Crippen molar-refractivity contribution in [1.82, 2.24) is 4.57 Å². The maximum Gasteiger partial charge on any atom is 0.338 e. The topological polar surface area (TPSA) is 79.1 Å². The number of rotatable bonds is 8. The predicted molar refractivity (Wildman–Crippen MR) is 163 cm³/mol. The molecule has 0 saturated carbocycles. The molecule has 0 radical (unpaired) electrons. The van der Waals surface area contributed by atoms with E-state index in [9.17, 15) is 9.59 Å². The Kier molecular flexibility index (Phi) is 8.77. The zero-order valence-corrected chi connectivity index (χ0v) is 25.7. The van der Waals surface area contributed by atoms with Crippen molar-refractivity contribution in [3.05, 3.63) is 124 Å². The molecule has 4 aromatic rings. The SMILES string of the molecule is CCOC(=O)C1=C(C)N=c2sc(=Cc3cc(Br)c(OCc4ccccc4Cl)c(OC)c3)c(=O)n2C1c1ccccc1. The van der Waals surface area contributed by atoms with Gasteiger partial charge in [-0.2, -0.15) is 0 Å². The first-order chi connectivity index (χ1) is 19.8. The zero-order chi connectivity index (χ0) is 29.1. The molecule has 41 heavy (non-hydrogen) atoms. The fraction of sp³-hybridized carbons (Fsp3) is 0.194. The number of esters is 1. The molecule has 2 heterocycles. The van der Waals surface area contributed by atoms with Gasteiger partial charge < -0.3 is 14.2 Å². The predicted octanol–water partition coefficient (Wildman–Crippen LogP) is 5.80. The molecule has 1 aromatic heterocycles. The average Bonchev–Trinajstić information content (AvgIpc) is 3.26. The minimum absolute atomic E-state index is 0.219. The van der Waals surface area contributed by atoms with Gasteiger partial charge in [0.2, 0.25) is 0 Å². The van der Waals surface area contributed by atoms with E-state index in [4.69, 9.17) is 25.8 Å². The van der Waals surface area contributed by atoms with Crippen molar-refractivity contribution in [2.24, 2.45) is 4.99 Å². The molecule has 1 unspecified atom stereocenters. The second-order valence-electron chi connectivity index (χ2n) is 9.13. The van der Waals surface area contributed by atoms with E-state index < -0.39 is 12.0 Å². The highest BCUT2D eigenvalue weighted by molar-refractivity contribution is 9.10. The van der Waals surface area contributed by atoms with E-state index in [-0.39, 0.29) is 18.8 Å². The summed E-state index contributed by atoms with van der Waals surface area (Å²) < 4.78 is 19.7. The van der Waals surface area contributed by atoms with Crippen molar-refractivity contribution in [2.75, 3.05) is 13.7 Å². The molecule has 1 atom stereocenters. The Bertz CT molecular complexity index is 1830. The van der Waals surface area contributed by atoms with Crippen LogP contribution >= 0.6 is 38.9 Å². The van der Waals surface area contributed by atoms with Crippen molar-refractivity contribution >= 4 is 50.9 Å². The summed E-state index contributed by atoms with van der Waals surface area (Å²) in [5.41, 5.74) is 2.98. The number of methoxy groups -OCH3 is 1. The second-order valence-corrected chi connectivity index (χ2v) is 11.4. The number of thiazole rings is 1. The van der Waals surface area contributed by atoms with Gasteiger partial charge in [-0.15, -0.1) is 0 Å². The molecule has 0 spiro atoms. The number of nitrogens with zero attached hydrogens (tertiary/aromatic N) is 2. The molecule has 0 saturated heterocycles. The van der Waals surface area contributed by atoms with Crippen LogP contribution in [-0.2, 0) is 16.1 Å². The molecule has 3 aromatic carbocycles. The molecule has 0 aliphatic carbocycles. The molecule has 1 aliphatic heterocycles. The quantitative estimate of drug-likeness (QED) is 0.225. The first-order valence-electron chi connectivity index (χ1n) is 12.8. The van der Waals surface area contributed by atoms with E-state index in [0.29, 0.717) is 41.6 Å². The van der Waals surface area contributed by atoms with E-state index in [0.717, 1.165) is 16.7 Å². The van der Waals surface area contributed by atoms with Gasteiger partial charge in [-0.05, 0) is 65.2 Å². The van der Waals surface area contributed by atoms with Crippen molar-refractivity contribution in [2.45, 2.75) is 26.5 Å². The number of halogens is 2. The molecule has 0 amide bonds. The number of fused-ring (bicyclic) bond motifs is 1. The number of ether oxygens (including phenoxy) is 3. The molecule has 7 nitrogen and oxygen atoms in total. The fourth-order valence-corrected chi connectivity index (χ4v) is 6.43. The van der Waals surface area contributed by atoms with Crippen LogP contribution in [0.25, 0.3) is 6.08 Å². The summed E-state index contributed by atoms with van der Waals surface area (Å²) in [6.07, 6.45) is 1.78. The Balaban J connectivity index is 1.57. The van der Waals surface area contributed by atoms with E-state index in [1.807, 2.05) is 60.7 Å². The van der Waals surface area contributed by atoms with Crippen molar-refractivity contribution < 1.29 is 19.0 Å². The normalized spacial score (nSPS) is 14.9. The second kappa shape index (κ2) is 12.5. The first kappa shape index (κ1) is 28.9. The highest BCUT2D eigenvalue weighted by atomic mass is 79.9. The molecular formula is C31H26BrClN2O5S. The van der Waals surface area contributed by atoms with Crippen LogP contribution in [0.3, 0.4) is 0 Å². The highest BCUT2D eigenvalue weighted by Crippen LogP contribution is 2.38. The third-order valence-electron chi connectivity index (χ3n) is 6.51. The van der Waals surface area contributed by atoms with Gasteiger partial charge in [0.1, 0.15) is 6.61 Å². The number of aromatic nitrogens is 1. The number of carbonyl (C=O) groups excluding carboxylic acids is 1. The van der Waals surface area contributed by atoms with Crippen LogP contribution in [0.4, 0.5) is 0 Å². The first-order valence-corrected chi connectivity index (χ1v) is 14.8. The Hall–Kier alpha value is -3.66. The number of benzene rings is 3. The Morgan fingerprint density at radius 2 is 1.88 bits per heavy atom. The van der Waals surface area contributed by atoms with Gasteiger partial charge in [-0.1, -0.05) is 71.5 Å². The van der Waals surface area contributed by atoms with Gasteiger partial charge >= 0.3 is 5.97 Å². The summed E-state index contributed by atoms with van der Waals surface area (Å²) in [6, 6.07) is 19.9. The fourth-order valence-electron chi connectivity index (χ4n) is 4.62. The van der Waals surface area contributed by atoms with Crippen LogP contribution in [-0.4, -0.2) is 24.3 Å². The minimum Gasteiger partial charge on any atom is -0.493 e. The van der Waals surface area contributed by atoms with Crippen LogP contribution in [0.2, 0.25) is 5.02 Å². The molecule has 0 N–H and O–H groups in total. The summed E-state index contributed by atoms with van der Waals surface area (Å²) in [6.45, 7) is 3.99. The van der Waals surface area contributed by atoms with Crippen LogP contribution in [0, 0.1) is 0 Å². The Morgan fingerprint density at radius 3 is 2.59 bits per heavy atom. The number of hydrogen-bond acceptors (Lipinski definition) is 7. The molecule has 0 bridgehead atoms. The highest BCUT2D eigenvalue weighted by Gasteiger charge is 2.33. The standard InChI is InChI=1S/C31H26BrClN2O5S/c1-4-39-30(37)26-18(2)34-31-35(27(26)20-10-6-5-7-11-20)29(36)25(41-31)16-19-14-22(32)28(24(15-19)38-3)40-17-21-12-8-9-13-23(21)33/h5-16,27H,4,17H2,1-3H3. The van der Waals surface area contributed by atoms with Gasteiger partial charge in [-0.25, -0.2) is 9.79 Å². The van der Waals surface area contributed by atoms with Gasteiger partial charge in [0.15, 0.2) is 16.3 Å². The van der Waals surface area contributed by atoms with Crippen molar-refractivity contribution in [3.8, 4) is 11.5 Å². The summed E-state index contributed by atoms with van der Waals surface area (Å²) in [7, 11) is 1.56. The summed E-state index contributed by atoms with van der Waals surface area (Å²) in [5, 5.41) is 0.616. The van der Waals surface area contributed by atoms with Crippen molar-refractivity contribution in [3.63, 3.8) is 0 Å². The van der Waals surface area contributed by atoms with Crippen molar-refractivity contribution in [1.29, 1.82) is 0 Å². The average molecular weight is 654 g/mol. The lowest BCUT2D eigenvalue weighted by Gasteiger charge is -2.24. The monoisotopic (exact) mass is 652 g/mol.